The van der Waals surface area contributed by atoms with Gasteiger partial charge in [0.05, 0.1) is 10.0 Å². The van der Waals surface area contributed by atoms with Crippen molar-refractivity contribution in [1.82, 2.24) is 0 Å². The van der Waals surface area contributed by atoms with Crippen LogP contribution >= 0.6 is 44.1 Å². The van der Waals surface area contributed by atoms with Gasteiger partial charge < -0.3 is 10.5 Å². The molecule has 0 aliphatic carbocycles. The topological polar surface area (TPSA) is 35.2 Å². The number of benzene rings is 2. The molecule has 2 aromatic rings. The molecule has 0 atom stereocenters. The van der Waals surface area contributed by atoms with Crippen LogP contribution in [0.3, 0.4) is 0 Å². The summed E-state index contributed by atoms with van der Waals surface area (Å²) < 4.78 is 20.3. The smallest absolute Gasteiger partial charge is 0.144 e. The van der Waals surface area contributed by atoms with Crippen molar-refractivity contribution < 1.29 is 9.13 Å². The Kier molecular flexibility index (Phi) is 4.54. The van der Waals surface area contributed by atoms with Gasteiger partial charge in [-0.2, -0.15) is 0 Å². The first kappa shape index (κ1) is 14.4. The van der Waals surface area contributed by atoms with Gasteiger partial charge in [-0.1, -0.05) is 18.3 Å². The predicted octanol–water partition coefficient (Wildman–Crippen LogP) is 4.78. The number of ether oxygens (including phenoxy) is 1. The minimum atomic E-state index is -0.384. The molecule has 0 fully saturated rings. The highest BCUT2D eigenvalue weighted by Crippen LogP contribution is 2.34. The first-order valence-corrected chi connectivity index (χ1v) is 7.19. The van der Waals surface area contributed by atoms with E-state index in [-0.39, 0.29) is 10.8 Å². The molecule has 0 unspecified atom stereocenters. The maximum absolute atomic E-state index is 13.2. The fourth-order valence-corrected chi connectivity index (χ4v) is 2.73. The number of rotatable bonds is 3. The maximum Gasteiger partial charge on any atom is 0.144 e. The van der Waals surface area contributed by atoms with E-state index in [4.69, 9.17) is 22.7 Å². The minimum absolute atomic E-state index is 0.204. The lowest BCUT2D eigenvalue weighted by atomic mass is 10.2. The summed E-state index contributed by atoms with van der Waals surface area (Å²) in [6.07, 6.45) is 0. The van der Waals surface area contributed by atoms with Crippen molar-refractivity contribution in [1.29, 1.82) is 0 Å². The van der Waals surface area contributed by atoms with E-state index in [0.29, 0.717) is 21.5 Å². The average Bonchev–Trinajstić information content (AvgIpc) is 2.33. The van der Waals surface area contributed by atoms with Gasteiger partial charge in [0.25, 0.3) is 0 Å². The van der Waals surface area contributed by atoms with E-state index in [1.165, 1.54) is 12.1 Å². The van der Waals surface area contributed by atoms with Gasteiger partial charge in [-0.15, -0.1) is 0 Å². The summed E-state index contributed by atoms with van der Waals surface area (Å²) in [5.74, 6) is 0.439. The van der Waals surface area contributed by atoms with Crippen LogP contribution in [-0.4, -0.2) is 4.99 Å². The van der Waals surface area contributed by atoms with Crippen LogP contribution in [0.15, 0.2) is 45.3 Å². The first-order chi connectivity index (χ1) is 8.99. The summed E-state index contributed by atoms with van der Waals surface area (Å²) in [5.41, 5.74) is 6.25. The zero-order valence-corrected chi connectivity index (χ0v) is 13.5. The molecule has 6 heteroatoms. The fourth-order valence-electron chi connectivity index (χ4n) is 1.50. The van der Waals surface area contributed by atoms with E-state index >= 15 is 0 Å². The molecule has 2 rings (SSSR count). The van der Waals surface area contributed by atoms with Crippen LogP contribution in [0, 0.1) is 5.82 Å². The molecule has 2 nitrogen and oxygen atoms in total. The van der Waals surface area contributed by atoms with Gasteiger partial charge in [0.2, 0.25) is 0 Å². The Bertz CT molecular complexity index is 649. The summed E-state index contributed by atoms with van der Waals surface area (Å²) in [7, 11) is 0. The van der Waals surface area contributed by atoms with Crippen LogP contribution in [0.4, 0.5) is 4.39 Å². The summed E-state index contributed by atoms with van der Waals surface area (Å²) in [4.78, 5) is 0.204. The summed E-state index contributed by atoms with van der Waals surface area (Å²) in [6.45, 7) is 0. The molecule has 0 radical (unpaired) electrons. The highest BCUT2D eigenvalue weighted by molar-refractivity contribution is 9.10. The second kappa shape index (κ2) is 5.98. The van der Waals surface area contributed by atoms with Gasteiger partial charge in [0.15, 0.2) is 0 Å². The molecule has 2 aromatic carbocycles. The van der Waals surface area contributed by atoms with Crippen molar-refractivity contribution in [2.24, 2.45) is 5.73 Å². The highest BCUT2D eigenvalue weighted by atomic mass is 79.9. The van der Waals surface area contributed by atoms with Crippen molar-refractivity contribution in [3.8, 4) is 11.5 Å². The predicted molar refractivity (Wildman–Crippen MR) is 84.2 cm³/mol. The van der Waals surface area contributed by atoms with Gasteiger partial charge >= 0.3 is 0 Å². The molecule has 98 valence electrons. The molecule has 2 N–H and O–H groups in total. The fraction of sp³-hybridized carbons (Fsp3) is 0. The summed E-state index contributed by atoms with van der Waals surface area (Å²) >= 11 is 11.7. The van der Waals surface area contributed by atoms with Crippen molar-refractivity contribution >= 4 is 49.1 Å². The maximum atomic E-state index is 13.2. The molecular formula is C13H8Br2FNOS. The van der Waals surface area contributed by atoms with E-state index < -0.39 is 0 Å². The zero-order chi connectivity index (χ0) is 14.0. The third-order valence-electron chi connectivity index (χ3n) is 2.33. The van der Waals surface area contributed by atoms with Gasteiger partial charge in [-0.05, 0) is 56.1 Å². The van der Waals surface area contributed by atoms with Crippen molar-refractivity contribution in [2.45, 2.75) is 0 Å². The quantitative estimate of drug-likeness (QED) is 0.747. The van der Waals surface area contributed by atoms with Crippen LogP contribution < -0.4 is 10.5 Å². The van der Waals surface area contributed by atoms with Gasteiger partial charge in [0.1, 0.15) is 22.3 Å². The lowest BCUT2D eigenvalue weighted by Gasteiger charge is -2.13. The summed E-state index contributed by atoms with van der Waals surface area (Å²) in [6, 6.07) is 9.51. The van der Waals surface area contributed by atoms with E-state index in [2.05, 4.69) is 31.9 Å². The van der Waals surface area contributed by atoms with Crippen LogP contribution in [0.5, 0.6) is 11.5 Å². The molecule has 0 aliphatic rings. The normalized spacial score (nSPS) is 10.3. The molecule has 0 aromatic heterocycles. The third kappa shape index (κ3) is 3.32. The molecule has 0 bridgehead atoms. The molecule has 0 spiro atoms. The molecule has 0 amide bonds. The highest BCUT2D eigenvalue weighted by Gasteiger charge is 2.13. The Morgan fingerprint density at radius 1 is 1.11 bits per heavy atom. The Morgan fingerprint density at radius 3 is 2.53 bits per heavy atom. The number of hydrogen-bond acceptors (Lipinski definition) is 2. The van der Waals surface area contributed by atoms with Gasteiger partial charge in [-0.3, -0.25) is 0 Å². The minimum Gasteiger partial charge on any atom is -0.455 e. The molecule has 19 heavy (non-hydrogen) atoms. The number of thiocarbonyl (C=S) groups is 1. The van der Waals surface area contributed by atoms with E-state index in [1.807, 2.05) is 6.07 Å². The van der Waals surface area contributed by atoms with Crippen LogP contribution in [0.2, 0.25) is 0 Å². The Hall–Kier alpha value is -0.980. The first-order valence-electron chi connectivity index (χ1n) is 5.20. The molecular weight excluding hydrogens is 397 g/mol. The second-order valence-electron chi connectivity index (χ2n) is 3.65. The van der Waals surface area contributed by atoms with Crippen molar-refractivity contribution in [3.63, 3.8) is 0 Å². The van der Waals surface area contributed by atoms with E-state index in [1.54, 1.807) is 18.2 Å². The third-order valence-corrected chi connectivity index (χ3v) is 3.86. The lowest BCUT2D eigenvalue weighted by molar-refractivity contribution is 0.472. The van der Waals surface area contributed by atoms with Crippen LogP contribution in [0.25, 0.3) is 0 Å². The van der Waals surface area contributed by atoms with Crippen LogP contribution in [0.1, 0.15) is 5.56 Å². The Morgan fingerprint density at radius 2 is 1.84 bits per heavy atom. The largest absolute Gasteiger partial charge is 0.455 e. The molecule has 0 heterocycles. The number of nitrogens with two attached hydrogens (primary N) is 1. The summed E-state index contributed by atoms with van der Waals surface area (Å²) in [5, 5.41) is 0. The molecule has 0 aliphatic heterocycles. The molecule has 0 saturated heterocycles. The van der Waals surface area contributed by atoms with Gasteiger partial charge in [-0.25, -0.2) is 4.39 Å². The SMILES string of the molecule is NC(=S)c1c(Br)cccc1Oc1cc(F)ccc1Br. The standard InChI is InChI=1S/C13H8Br2FNOS/c14-8-5-4-7(16)6-11(8)18-10-3-1-2-9(15)12(10)13(17)19/h1-6H,(H2,17,19). The van der Waals surface area contributed by atoms with Crippen molar-refractivity contribution in [2.75, 3.05) is 0 Å². The molecule has 0 saturated carbocycles. The zero-order valence-electron chi connectivity index (χ0n) is 9.49. The van der Waals surface area contributed by atoms with E-state index in [9.17, 15) is 4.39 Å². The number of hydrogen-bond donors (Lipinski definition) is 1. The van der Waals surface area contributed by atoms with E-state index in [0.717, 1.165) is 4.47 Å². The monoisotopic (exact) mass is 403 g/mol. The van der Waals surface area contributed by atoms with Gasteiger partial charge in [0, 0.05) is 10.5 Å². The Balaban J connectivity index is 2.46. The average molecular weight is 405 g/mol. The lowest BCUT2D eigenvalue weighted by Crippen LogP contribution is -2.11. The van der Waals surface area contributed by atoms with Crippen molar-refractivity contribution in [3.05, 3.63) is 56.7 Å². The second-order valence-corrected chi connectivity index (χ2v) is 5.80. The van der Waals surface area contributed by atoms with Crippen LogP contribution in [-0.2, 0) is 0 Å². The number of halogens is 3. The Labute approximate surface area is 132 Å².